The van der Waals surface area contributed by atoms with E-state index < -0.39 is 0 Å². The number of amides is 3. The van der Waals surface area contributed by atoms with Crippen molar-refractivity contribution in [2.45, 2.75) is 11.8 Å². The van der Waals surface area contributed by atoms with Gasteiger partial charge in [0, 0.05) is 23.5 Å². The second-order valence-electron chi connectivity index (χ2n) is 6.83. The van der Waals surface area contributed by atoms with Crippen molar-refractivity contribution >= 4 is 52.4 Å². The number of nitrogens with zero attached hydrogens (tertiary/aromatic N) is 1. The Balaban J connectivity index is 1.46. The van der Waals surface area contributed by atoms with Gasteiger partial charge in [0.25, 0.3) is 17.1 Å². The normalized spacial score (nSPS) is 14.7. The Hall–Kier alpha value is -3.04. The Morgan fingerprint density at radius 3 is 2.41 bits per heavy atom. The van der Waals surface area contributed by atoms with Crippen molar-refractivity contribution in [3.05, 3.63) is 64.6 Å². The van der Waals surface area contributed by atoms with Crippen LogP contribution in [0.15, 0.2) is 58.3 Å². The minimum absolute atomic E-state index is 0.0510. The van der Waals surface area contributed by atoms with Gasteiger partial charge in [-0.05, 0) is 73.0 Å². The molecule has 0 unspecified atom stereocenters. The number of carbonyl (C=O) groups is 4. The molecule has 0 aliphatic carbocycles. The van der Waals surface area contributed by atoms with E-state index in [0.717, 1.165) is 27.1 Å². The van der Waals surface area contributed by atoms with Crippen molar-refractivity contribution in [3.8, 4) is 5.75 Å². The first-order valence-electron chi connectivity index (χ1n) is 9.77. The summed E-state index contributed by atoms with van der Waals surface area (Å²) in [6.07, 6.45) is 3.68. The number of benzene rings is 2. The summed E-state index contributed by atoms with van der Waals surface area (Å²) in [6, 6.07) is 14.2. The Morgan fingerprint density at radius 2 is 1.78 bits per heavy atom. The van der Waals surface area contributed by atoms with Crippen LogP contribution in [0.4, 0.5) is 4.79 Å². The van der Waals surface area contributed by atoms with Crippen LogP contribution in [-0.2, 0) is 9.59 Å². The quantitative estimate of drug-likeness (QED) is 0.338. The molecule has 0 radical (unpaired) electrons. The summed E-state index contributed by atoms with van der Waals surface area (Å²) in [6.45, 7) is 1.46. The van der Waals surface area contributed by atoms with Crippen LogP contribution < -0.4 is 10.1 Å². The highest BCUT2D eigenvalue weighted by atomic mass is 32.2. The summed E-state index contributed by atoms with van der Waals surface area (Å²) >= 11 is 2.51. The van der Waals surface area contributed by atoms with Gasteiger partial charge in [-0.1, -0.05) is 12.1 Å². The fourth-order valence-electron chi connectivity index (χ4n) is 2.84. The molecule has 9 heteroatoms. The van der Waals surface area contributed by atoms with Crippen LogP contribution in [0, 0.1) is 0 Å². The zero-order valence-electron chi connectivity index (χ0n) is 17.6. The minimum Gasteiger partial charge on any atom is -0.484 e. The molecule has 166 valence electrons. The third-order valence-corrected chi connectivity index (χ3v) is 6.23. The number of Topliss-reactive ketones (excluding diaryl/α,β-unsaturated/α-hetero) is 1. The van der Waals surface area contributed by atoms with E-state index in [1.54, 1.807) is 42.1 Å². The van der Waals surface area contributed by atoms with Crippen LogP contribution in [0.3, 0.4) is 0 Å². The molecule has 1 fully saturated rings. The highest BCUT2D eigenvalue weighted by molar-refractivity contribution is 8.18. The number of ether oxygens (including phenoxy) is 1. The van der Waals surface area contributed by atoms with Crippen LogP contribution in [0.1, 0.15) is 22.8 Å². The maximum absolute atomic E-state index is 12.6. The number of nitrogens with one attached hydrogen (secondary N) is 1. The zero-order valence-corrected chi connectivity index (χ0v) is 19.3. The zero-order chi connectivity index (χ0) is 23.1. The average Bonchev–Trinajstić information content (AvgIpc) is 3.05. The van der Waals surface area contributed by atoms with Gasteiger partial charge >= 0.3 is 0 Å². The van der Waals surface area contributed by atoms with Gasteiger partial charge in [-0.2, -0.15) is 0 Å². The SMILES string of the molecule is CSc1ccc(/C=C2\SC(=O)N(CCNC(=O)COc3ccc(C(C)=O)cc3)C2=O)cc1. The number of imide groups is 1. The first-order valence-corrected chi connectivity index (χ1v) is 11.8. The van der Waals surface area contributed by atoms with Crippen molar-refractivity contribution in [2.75, 3.05) is 26.0 Å². The maximum atomic E-state index is 12.6. The fourth-order valence-corrected chi connectivity index (χ4v) is 4.11. The molecule has 0 atom stereocenters. The summed E-state index contributed by atoms with van der Waals surface area (Å²) in [5.41, 5.74) is 1.40. The molecule has 1 aliphatic rings. The Morgan fingerprint density at radius 1 is 1.09 bits per heavy atom. The smallest absolute Gasteiger partial charge is 0.293 e. The third-order valence-electron chi connectivity index (χ3n) is 4.58. The summed E-state index contributed by atoms with van der Waals surface area (Å²) in [5, 5.41) is 2.27. The molecular weight excluding hydrogens is 448 g/mol. The number of hydrogen-bond donors (Lipinski definition) is 1. The molecule has 3 rings (SSSR count). The molecule has 0 spiro atoms. The molecule has 1 saturated heterocycles. The largest absolute Gasteiger partial charge is 0.484 e. The van der Waals surface area contributed by atoms with E-state index in [9.17, 15) is 19.2 Å². The van der Waals surface area contributed by atoms with Crippen molar-refractivity contribution in [1.82, 2.24) is 10.2 Å². The lowest BCUT2D eigenvalue weighted by atomic mass is 10.1. The molecular formula is C23H22N2O5S2. The first-order chi connectivity index (χ1) is 15.4. The average molecular weight is 471 g/mol. The number of ketones is 1. The third kappa shape index (κ3) is 6.24. The van der Waals surface area contributed by atoms with Gasteiger partial charge in [-0.3, -0.25) is 24.1 Å². The summed E-state index contributed by atoms with van der Waals surface area (Å²) in [4.78, 5) is 50.6. The minimum atomic E-state index is -0.378. The standard InChI is InChI=1S/C23H22N2O5S2/c1-15(26)17-5-7-18(8-6-17)30-14-21(27)24-11-12-25-22(28)20(32-23(25)29)13-16-3-9-19(31-2)10-4-16/h3-10,13H,11-12,14H2,1-2H3,(H,24,27)/b20-13-. The van der Waals surface area contributed by atoms with Crippen LogP contribution in [0.5, 0.6) is 5.75 Å². The van der Waals surface area contributed by atoms with E-state index in [1.807, 2.05) is 30.5 Å². The number of hydrogen-bond acceptors (Lipinski definition) is 7. The second kappa shape index (κ2) is 11.0. The van der Waals surface area contributed by atoms with Gasteiger partial charge in [0.2, 0.25) is 0 Å². The van der Waals surface area contributed by atoms with Gasteiger partial charge in [-0.25, -0.2) is 0 Å². The fraction of sp³-hybridized carbons (Fsp3) is 0.217. The summed E-state index contributed by atoms with van der Waals surface area (Å²) < 4.78 is 5.38. The van der Waals surface area contributed by atoms with E-state index in [4.69, 9.17) is 4.74 Å². The van der Waals surface area contributed by atoms with E-state index >= 15 is 0 Å². The van der Waals surface area contributed by atoms with Crippen LogP contribution in [-0.4, -0.2) is 53.7 Å². The van der Waals surface area contributed by atoms with Gasteiger partial charge in [0.1, 0.15) is 5.75 Å². The van der Waals surface area contributed by atoms with Crippen molar-refractivity contribution in [3.63, 3.8) is 0 Å². The molecule has 3 amide bonds. The Labute approximate surface area is 194 Å². The van der Waals surface area contributed by atoms with E-state index in [1.165, 1.54) is 6.92 Å². The Bertz CT molecular complexity index is 1050. The van der Waals surface area contributed by atoms with Gasteiger partial charge < -0.3 is 10.1 Å². The molecule has 0 bridgehead atoms. The van der Waals surface area contributed by atoms with Gasteiger partial charge in [-0.15, -0.1) is 11.8 Å². The molecule has 2 aromatic rings. The monoisotopic (exact) mass is 470 g/mol. The van der Waals surface area contributed by atoms with Gasteiger partial charge in [0.15, 0.2) is 12.4 Å². The van der Waals surface area contributed by atoms with Crippen LogP contribution >= 0.6 is 23.5 Å². The number of rotatable bonds is 9. The lowest BCUT2D eigenvalue weighted by molar-refractivity contribution is -0.125. The topological polar surface area (TPSA) is 92.8 Å². The van der Waals surface area contributed by atoms with E-state index in [0.29, 0.717) is 16.2 Å². The maximum Gasteiger partial charge on any atom is 0.293 e. The molecule has 32 heavy (non-hydrogen) atoms. The summed E-state index contributed by atoms with van der Waals surface area (Å²) in [5.74, 6) is -0.334. The highest BCUT2D eigenvalue weighted by Crippen LogP contribution is 2.32. The lowest BCUT2D eigenvalue weighted by Crippen LogP contribution is -2.38. The van der Waals surface area contributed by atoms with Crippen molar-refractivity contribution in [2.24, 2.45) is 0 Å². The number of thioether (sulfide) groups is 2. The molecule has 2 aromatic carbocycles. The lowest BCUT2D eigenvalue weighted by Gasteiger charge is -2.13. The van der Waals surface area contributed by atoms with E-state index in [-0.39, 0.29) is 42.5 Å². The Kier molecular flexibility index (Phi) is 8.13. The molecule has 1 aliphatic heterocycles. The predicted molar refractivity (Wildman–Crippen MR) is 126 cm³/mol. The van der Waals surface area contributed by atoms with Crippen LogP contribution in [0.2, 0.25) is 0 Å². The molecule has 0 saturated carbocycles. The summed E-state index contributed by atoms with van der Waals surface area (Å²) in [7, 11) is 0. The van der Waals surface area contributed by atoms with E-state index in [2.05, 4.69) is 5.32 Å². The van der Waals surface area contributed by atoms with Crippen LogP contribution in [0.25, 0.3) is 6.08 Å². The van der Waals surface area contributed by atoms with Gasteiger partial charge in [0.05, 0.1) is 4.91 Å². The molecule has 0 aromatic heterocycles. The predicted octanol–water partition coefficient (Wildman–Crippen LogP) is 3.84. The highest BCUT2D eigenvalue weighted by Gasteiger charge is 2.34. The first kappa shape index (κ1) is 23.6. The molecule has 7 nitrogen and oxygen atoms in total. The molecule has 1 N–H and O–H groups in total. The van der Waals surface area contributed by atoms with Crippen molar-refractivity contribution in [1.29, 1.82) is 0 Å². The number of carbonyl (C=O) groups excluding carboxylic acids is 4. The second-order valence-corrected chi connectivity index (χ2v) is 8.70. The molecule has 1 heterocycles. The van der Waals surface area contributed by atoms with Crippen molar-refractivity contribution < 1.29 is 23.9 Å².